The number of halogens is 1. The van der Waals surface area contributed by atoms with E-state index in [2.05, 4.69) is 0 Å². The Morgan fingerprint density at radius 1 is 1.30 bits per heavy atom. The van der Waals surface area contributed by atoms with Gasteiger partial charge in [0.25, 0.3) is 0 Å². The molecule has 1 aromatic carbocycles. The molecule has 2 unspecified atom stereocenters. The lowest BCUT2D eigenvalue weighted by molar-refractivity contribution is -0.0891. The van der Waals surface area contributed by atoms with Gasteiger partial charge in [0.05, 0.1) is 20.1 Å². The van der Waals surface area contributed by atoms with E-state index in [1.165, 1.54) is 21.3 Å². The minimum absolute atomic E-state index is 0.0954. The first-order chi connectivity index (χ1) is 9.58. The Balaban J connectivity index is 2.63. The highest BCUT2D eigenvalue weighted by atomic mass is 35.5. The van der Waals surface area contributed by atoms with Gasteiger partial charge < -0.3 is 18.9 Å². The van der Waals surface area contributed by atoms with Gasteiger partial charge in [0, 0.05) is 13.2 Å². The standard InChI is InChI=1S/C14H17ClO5/c1-5-7-12(16)10-8(20-14(7)19-4)6-9(17-2)11(15)13(10)18-3/h6-7,14H,5H2,1-4H3. The van der Waals surface area contributed by atoms with Crippen LogP contribution in [0.1, 0.15) is 23.7 Å². The molecule has 5 nitrogen and oxygen atoms in total. The van der Waals surface area contributed by atoms with Crippen LogP contribution in [0.25, 0.3) is 0 Å². The summed E-state index contributed by atoms with van der Waals surface area (Å²) in [4.78, 5) is 12.6. The van der Waals surface area contributed by atoms with Crippen molar-refractivity contribution in [3.05, 3.63) is 16.7 Å². The minimum Gasteiger partial charge on any atom is -0.495 e. The molecule has 1 heterocycles. The summed E-state index contributed by atoms with van der Waals surface area (Å²) in [6.07, 6.45) is -0.0144. The molecule has 0 aromatic heterocycles. The van der Waals surface area contributed by atoms with E-state index in [-0.39, 0.29) is 22.5 Å². The first-order valence-electron chi connectivity index (χ1n) is 6.27. The van der Waals surface area contributed by atoms with Crippen molar-refractivity contribution in [3.8, 4) is 17.2 Å². The quantitative estimate of drug-likeness (QED) is 0.856. The highest BCUT2D eigenvalue weighted by Gasteiger charge is 2.39. The maximum Gasteiger partial charge on any atom is 0.209 e. The third-order valence-corrected chi connectivity index (χ3v) is 3.76. The van der Waals surface area contributed by atoms with Crippen molar-refractivity contribution in [3.63, 3.8) is 0 Å². The lowest BCUT2D eigenvalue weighted by atomic mass is 9.91. The first-order valence-corrected chi connectivity index (χ1v) is 6.64. The SMILES string of the molecule is CCC1C(=O)c2c(cc(OC)c(Cl)c2OC)OC1OC. The van der Waals surface area contributed by atoms with Gasteiger partial charge in [0.15, 0.2) is 11.5 Å². The predicted molar refractivity (Wildman–Crippen MR) is 74.1 cm³/mol. The molecular formula is C14H17ClO5. The van der Waals surface area contributed by atoms with Gasteiger partial charge in [0.2, 0.25) is 6.29 Å². The van der Waals surface area contributed by atoms with Crippen LogP contribution in [-0.2, 0) is 4.74 Å². The summed E-state index contributed by atoms with van der Waals surface area (Å²) in [5.74, 6) is 0.552. The number of hydrogen-bond acceptors (Lipinski definition) is 5. The molecule has 6 heteroatoms. The van der Waals surface area contributed by atoms with E-state index in [1.807, 2.05) is 6.92 Å². The van der Waals surface area contributed by atoms with E-state index >= 15 is 0 Å². The molecule has 2 rings (SSSR count). The van der Waals surface area contributed by atoms with Crippen molar-refractivity contribution in [2.45, 2.75) is 19.6 Å². The largest absolute Gasteiger partial charge is 0.495 e. The van der Waals surface area contributed by atoms with Crippen LogP contribution in [0.15, 0.2) is 6.07 Å². The molecule has 1 aliphatic heterocycles. The number of ether oxygens (including phenoxy) is 4. The van der Waals surface area contributed by atoms with E-state index < -0.39 is 6.29 Å². The lowest BCUT2D eigenvalue weighted by Crippen LogP contribution is -2.38. The van der Waals surface area contributed by atoms with E-state index in [0.29, 0.717) is 23.5 Å². The number of methoxy groups -OCH3 is 3. The first kappa shape index (κ1) is 14.9. The van der Waals surface area contributed by atoms with Crippen LogP contribution >= 0.6 is 11.6 Å². The van der Waals surface area contributed by atoms with Crippen molar-refractivity contribution in [1.82, 2.24) is 0 Å². The summed E-state index contributed by atoms with van der Waals surface area (Å²) < 4.78 is 21.4. The van der Waals surface area contributed by atoms with Crippen molar-refractivity contribution >= 4 is 17.4 Å². The van der Waals surface area contributed by atoms with Gasteiger partial charge in [-0.15, -0.1) is 0 Å². The maximum atomic E-state index is 12.6. The summed E-state index contributed by atoms with van der Waals surface area (Å²) in [5.41, 5.74) is 0.346. The molecule has 0 N–H and O–H groups in total. The van der Waals surface area contributed by atoms with Gasteiger partial charge in [-0.05, 0) is 6.42 Å². The fraction of sp³-hybridized carbons (Fsp3) is 0.500. The predicted octanol–water partition coefficient (Wildman–Crippen LogP) is 2.93. The number of fused-ring (bicyclic) bond motifs is 1. The van der Waals surface area contributed by atoms with Crippen molar-refractivity contribution in [2.75, 3.05) is 21.3 Å². The van der Waals surface area contributed by atoms with Crippen LogP contribution in [0.2, 0.25) is 5.02 Å². The average molecular weight is 301 g/mol. The molecule has 0 saturated carbocycles. The zero-order valence-electron chi connectivity index (χ0n) is 11.9. The van der Waals surface area contributed by atoms with Crippen molar-refractivity contribution in [1.29, 1.82) is 0 Å². The van der Waals surface area contributed by atoms with Crippen LogP contribution in [0.5, 0.6) is 17.2 Å². The van der Waals surface area contributed by atoms with Crippen molar-refractivity contribution < 1.29 is 23.7 Å². The third-order valence-electron chi connectivity index (χ3n) is 3.40. The number of rotatable bonds is 4. The van der Waals surface area contributed by atoms with Crippen molar-refractivity contribution in [2.24, 2.45) is 5.92 Å². The number of ketones is 1. The molecule has 0 aliphatic carbocycles. The van der Waals surface area contributed by atoms with Crippen LogP contribution in [-0.4, -0.2) is 33.4 Å². The number of benzene rings is 1. The summed E-state index contributed by atoms with van der Waals surface area (Å²) in [6, 6.07) is 1.58. The molecule has 20 heavy (non-hydrogen) atoms. The second-order valence-corrected chi connectivity index (χ2v) is 4.78. The monoisotopic (exact) mass is 300 g/mol. The Morgan fingerprint density at radius 2 is 2.00 bits per heavy atom. The van der Waals surface area contributed by atoms with E-state index in [4.69, 9.17) is 30.5 Å². The van der Waals surface area contributed by atoms with Gasteiger partial charge in [-0.2, -0.15) is 0 Å². The van der Waals surface area contributed by atoms with E-state index in [0.717, 1.165) is 0 Å². The normalized spacial score (nSPS) is 21.1. The summed E-state index contributed by atoms with van der Waals surface area (Å²) in [6.45, 7) is 1.90. The molecule has 0 saturated heterocycles. The molecule has 2 atom stereocenters. The molecule has 110 valence electrons. The number of carbonyl (C=O) groups is 1. The molecular weight excluding hydrogens is 284 g/mol. The van der Waals surface area contributed by atoms with E-state index in [9.17, 15) is 4.79 Å². The fourth-order valence-electron chi connectivity index (χ4n) is 2.36. The molecule has 0 spiro atoms. The average Bonchev–Trinajstić information content (AvgIpc) is 2.46. The Labute approximate surface area is 122 Å². The molecule has 0 radical (unpaired) electrons. The zero-order chi connectivity index (χ0) is 14.9. The molecule has 1 aliphatic rings. The topological polar surface area (TPSA) is 54.0 Å². The molecule has 0 bridgehead atoms. The van der Waals surface area contributed by atoms with Gasteiger partial charge in [-0.3, -0.25) is 4.79 Å². The number of hydrogen-bond donors (Lipinski definition) is 0. The third kappa shape index (κ3) is 2.21. The summed E-state index contributed by atoms with van der Waals surface area (Å²) in [5, 5.41) is 0.261. The van der Waals surface area contributed by atoms with Gasteiger partial charge in [0.1, 0.15) is 22.1 Å². The Kier molecular flexibility index (Phi) is 4.40. The summed E-state index contributed by atoms with van der Waals surface area (Å²) >= 11 is 6.18. The molecule has 0 amide bonds. The highest BCUT2D eigenvalue weighted by Crippen LogP contribution is 2.46. The van der Waals surface area contributed by atoms with Crippen LogP contribution in [0.3, 0.4) is 0 Å². The second kappa shape index (κ2) is 5.89. The van der Waals surface area contributed by atoms with Crippen LogP contribution < -0.4 is 14.2 Å². The van der Waals surface area contributed by atoms with Crippen LogP contribution in [0.4, 0.5) is 0 Å². The second-order valence-electron chi connectivity index (χ2n) is 4.40. The minimum atomic E-state index is -0.615. The number of Topliss-reactive ketones (excluding diaryl/α,β-unsaturated/α-hetero) is 1. The van der Waals surface area contributed by atoms with Gasteiger partial charge >= 0.3 is 0 Å². The van der Waals surface area contributed by atoms with E-state index in [1.54, 1.807) is 6.07 Å². The molecule has 0 fully saturated rings. The zero-order valence-corrected chi connectivity index (χ0v) is 12.6. The number of carbonyl (C=O) groups excluding carboxylic acids is 1. The maximum absolute atomic E-state index is 12.6. The molecule has 1 aromatic rings. The lowest BCUT2D eigenvalue weighted by Gasteiger charge is -2.32. The highest BCUT2D eigenvalue weighted by molar-refractivity contribution is 6.34. The van der Waals surface area contributed by atoms with Gasteiger partial charge in [-0.25, -0.2) is 0 Å². The Bertz CT molecular complexity index is 529. The van der Waals surface area contributed by atoms with Gasteiger partial charge in [-0.1, -0.05) is 18.5 Å². The van der Waals surface area contributed by atoms with Crippen LogP contribution in [0, 0.1) is 5.92 Å². The smallest absolute Gasteiger partial charge is 0.209 e. The fourth-order valence-corrected chi connectivity index (χ4v) is 2.66. The summed E-state index contributed by atoms with van der Waals surface area (Å²) in [7, 11) is 4.45. The Hall–Kier alpha value is -1.46. The Morgan fingerprint density at radius 3 is 2.50 bits per heavy atom.